The lowest BCUT2D eigenvalue weighted by Crippen LogP contribution is -2.03. The minimum absolute atomic E-state index is 0.151. The zero-order valence-electron chi connectivity index (χ0n) is 8.01. The molecule has 1 heterocycles. The number of aromatic nitrogens is 2. The highest BCUT2D eigenvalue weighted by atomic mass is 16.4. The second kappa shape index (κ2) is 4.36. The Balaban J connectivity index is 3.02. The number of rotatable bonds is 3. The normalized spacial score (nSPS) is 10.4. The van der Waals surface area contributed by atoms with Crippen LogP contribution in [0.5, 0.6) is 0 Å². The van der Waals surface area contributed by atoms with E-state index in [1.807, 2.05) is 19.0 Å². The number of aromatic carboxylic acids is 1. The molecular weight excluding hydrogens is 182 g/mol. The Bertz CT molecular complexity index is 361. The van der Waals surface area contributed by atoms with Crippen LogP contribution in [0.15, 0.2) is 18.6 Å². The summed E-state index contributed by atoms with van der Waals surface area (Å²) in [5.41, 5.74) is 0.694. The smallest absolute Gasteiger partial charge is 0.338 e. The molecule has 0 saturated heterocycles. The molecule has 1 N–H and O–H groups in total. The molecule has 0 unspecified atom stereocenters. The third-order valence-electron chi connectivity index (χ3n) is 1.54. The van der Waals surface area contributed by atoms with Crippen molar-refractivity contribution in [2.24, 2.45) is 0 Å². The van der Waals surface area contributed by atoms with Crippen molar-refractivity contribution in [1.29, 1.82) is 0 Å². The molecule has 5 heteroatoms. The molecule has 1 aromatic heterocycles. The van der Waals surface area contributed by atoms with Gasteiger partial charge in [-0.2, -0.15) is 10.2 Å². The van der Waals surface area contributed by atoms with Gasteiger partial charge in [0, 0.05) is 19.7 Å². The summed E-state index contributed by atoms with van der Waals surface area (Å²) >= 11 is 0. The van der Waals surface area contributed by atoms with Gasteiger partial charge in [0.1, 0.15) is 0 Å². The molecule has 14 heavy (non-hydrogen) atoms. The first-order valence-corrected chi connectivity index (χ1v) is 4.00. The van der Waals surface area contributed by atoms with E-state index in [2.05, 4.69) is 10.2 Å². The van der Waals surface area contributed by atoms with E-state index in [-0.39, 0.29) is 5.56 Å². The number of carboxylic acid groups (broad SMARTS) is 1. The Morgan fingerprint density at radius 3 is 2.64 bits per heavy atom. The van der Waals surface area contributed by atoms with Gasteiger partial charge in [-0.1, -0.05) is 0 Å². The molecule has 0 bridgehead atoms. The van der Waals surface area contributed by atoms with Crippen molar-refractivity contribution in [2.45, 2.75) is 0 Å². The lowest BCUT2D eigenvalue weighted by molar-refractivity contribution is 0.0696. The van der Waals surface area contributed by atoms with Gasteiger partial charge in [-0.05, 0) is 12.3 Å². The van der Waals surface area contributed by atoms with E-state index in [9.17, 15) is 4.79 Å². The molecule has 0 saturated carbocycles. The summed E-state index contributed by atoms with van der Waals surface area (Å²) in [6.07, 6.45) is 6.09. The quantitative estimate of drug-likeness (QED) is 0.765. The van der Waals surface area contributed by atoms with Gasteiger partial charge in [0.15, 0.2) is 0 Å². The molecule has 0 aliphatic heterocycles. The van der Waals surface area contributed by atoms with E-state index < -0.39 is 5.97 Å². The molecular formula is C9H11N3O2. The zero-order chi connectivity index (χ0) is 10.6. The maximum atomic E-state index is 10.8. The van der Waals surface area contributed by atoms with Crippen molar-refractivity contribution in [1.82, 2.24) is 15.1 Å². The van der Waals surface area contributed by atoms with Crippen LogP contribution in [-0.4, -0.2) is 40.3 Å². The van der Waals surface area contributed by atoms with Crippen LogP contribution < -0.4 is 0 Å². The van der Waals surface area contributed by atoms with Gasteiger partial charge in [-0.25, -0.2) is 4.79 Å². The molecule has 0 amide bonds. The van der Waals surface area contributed by atoms with Crippen LogP contribution in [0.25, 0.3) is 6.08 Å². The summed E-state index contributed by atoms with van der Waals surface area (Å²) in [5, 5.41) is 16.0. The topological polar surface area (TPSA) is 66.3 Å². The third kappa shape index (κ3) is 2.55. The Kier molecular flexibility index (Phi) is 3.17. The van der Waals surface area contributed by atoms with Gasteiger partial charge < -0.3 is 10.0 Å². The zero-order valence-corrected chi connectivity index (χ0v) is 8.01. The molecule has 0 fully saturated rings. The fourth-order valence-corrected chi connectivity index (χ4v) is 0.872. The average Bonchev–Trinajstić information content (AvgIpc) is 2.15. The lowest BCUT2D eigenvalue weighted by Gasteiger charge is -2.04. The summed E-state index contributed by atoms with van der Waals surface area (Å²) < 4.78 is 0. The van der Waals surface area contributed by atoms with Gasteiger partial charge in [-0.3, -0.25) is 0 Å². The summed E-state index contributed by atoms with van der Waals surface area (Å²) in [6, 6.07) is 0. The van der Waals surface area contributed by atoms with Crippen LogP contribution >= 0.6 is 0 Å². The SMILES string of the molecule is CN(C)/C=C/c1cnncc1C(=O)O. The minimum Gasteiger partial charge on any atom is -0.478 e. The highest BCUT2D eigenvalue weighted by Crippen LogP contribution is 2.07. The van der Waals surface area contributed by atoms with Gasteiger partial charge in [0.05, 0.1) is 18.0 Å². The van der Waals surface area contributed by atoms with Gasteiger partial charge in [0.25, 0.3) is 0 Å². The van der Waals surface area contributed by atoms with E-state index in [1.54, 1.807) is 12.3 Å². The van der Waals surface area contributed by atoms with Crippen LogP contribution in [-0.2, 0) is 0 Å². The number of carboxylic acids is 1. The van der Waals surface area contributed by atoms with Crippen molar-refractivity contribution < 1.29 is 9.90 Å². The van der Waals surface area contributed by atoms with Crippen LogP contribution in [0.3, 0.4) is 0 Å². The van der Waals surface area contributed by atoms with Gasteiger partial charge in [-0.15, -0.1) is 0 Å². The molecule has 0 aliphatic carbocycles. The number of carbonyl (C=O) groups is 1. The second-order valence-corrected chi connectivity index (χ2v) is 2.94. The van der Waals surface area contributed by atoms with Gasteiger partial charge in [0.2, 0.25) is 0 Å². The molecule has 0 spiro atoms. The first-order chi connectivity index (χ1) is 6.61. The number of nitrogens with zero attached hydrogens (tertiary/aromatic N) is 3. The van der Waals surface area contributed by atoms with E-state index in [0.29, 0.717) is 5.56 Å². The second-order valence-electron chi connectivity index (χ2n) is 2.94. The van der Waals surface area contributed by atoms with Crippen molar-refractivity contribution in [3.05, 3.63) is 29.7 Å². The molecule has 0 radical (unpaired) electrons. The van der Waals surface area contributed by atoms with Crippen LogP contribution in [0, 0.1) is 0 Å². The predicted octanol–water partition coefficient (Wildman–Crippen LogP) is 0.707. The van der Waals surface area contributed by atoms with E-state index >= 15 is 0 Å². The Morgan fingerprint density at radius 2 is 2.07 bits per heavy atom. The summed E-state index contributed by atoms with van der Waals surface area (Å²) in [5.74, 6) is -1.00. The summed E-state index contributed by atoms with van der Waals surface area (Å²) in [7, 11) is 3.71. The lowest BCUT2D eigenvalue weighted by atomic mass is 10.2. The van der Waals surface area contributed by atoms with E-state index in [4.69, 9.17) is 5.11 Å². The molecule has 5 nitrogen and oxygen atoms in total. The van der Waals surface area contributed by atoms with Crippen LogP contribution in [0.4, 0.5) is 0 Å². The first-order valence-electron chi connectivity index (χ1n) is 4.00. The highest BCUT2D eigenvalue weighted by molar-refractivity contribution is 5.91. The Morgan fingerprint density at radius 1 is 1.43 bits per heavy atom. The Hall–Kier alpha value is -1.91. The van der Waals surface area contributed by atoms with Crippen LogP contribution in [0.2, 0.25) is 0 Å². The fourth-order valence-electron chi connectivity index (χ4n) is 0.872. The minimum atomic E-state index is -1.00. The Labute approximate surface area is 81.7 Å². The fraction of sp³-hybridized carbons (Fsp3) is 0.222. The molecule has 0 atom stereocenters. The molecule has 1 rings (SSSR count). The first kappa shape index (κ1) is 10.2. The van der Waals surface area contributed by atoms with E-state index in [1.165, 1.54) is 12.4 Å². The van der Waals surface area contributed by atoms with E-state index in [0.717, 1.165) is 0 Å². The van der Waals surface area contributed by atoms with Gasteiger partial charge >= 0.3 is 5.97 Å². The van der Waals surface area contributed by atoms with Crippen molar-refractivity contribution in [3.63, 3.8) is 0 Å². The average molecular weight is 193 g/mol. The monoisotopic (exact) mass is 193 g/mol. The largest absolute Gasteiger partial charge is 0.478 e. The standard InChI is InChI=1S/C9H11N3O2/c1-12(2)4-3-7-5-10-11-6-8(7)9(13)14/h3-6H,1-2H3,(H,13,14)/b4-3+. The molecule has 1 aromatic rings. The maximum absolute atomic E-state index is 10.8. The molecule has 0 aliphatic rings. The number of hydrogen-bond acceptors (Lipinski definition) is 4. The van der Waals surface area contributed by atoms with Crippen molar-refractivity contribution >= 4 is 12.0 Å². The maximum Gasteiger partial charge on any atom is 0.338 e. The summed E-state index contributed by atoms with van der Waals surface area (Å²) in [4.78, 5) is 12.6. The predicted molar refractivity (Wildman–Crippen MR) is 51.7 cm³/mol. The molecule has 0 aromatic carbocycles. The highest BCUT2D eigenvalue weighted by Gasteiger charge is 2.07. The number of hydrogen-bond donors (Lipinski definition) is 1. The van der Waals surface area contributed by atoms with Crippen molar-refractivity contribution in [2.75, 3.05) is 14.1 Å². The molecule has 74 valence electrons. The van der Waals surface area contributed by atoms with Crippen LogP contribution in [0.1, 0.15) is 15.9 Å². The summed E-state index contributed by atoms with van der Waals surface area (Å²) in [6.45, 7) is 0. The third-order valence-corrected chi connectivity index (χ3v) is 1.54. The van der Waals surface area contributed by atoms with Crippen molar-refractivity contribution in [3.8, 4) is 0 Å².